The molecular formula is C24H29N3O5. The summed E-state index contributed by atoms with van der Waals surface area (Å²) in [5.74, 6) is -0.261. The number of hydrogen-bond acceptors (Lipinski definition) is 5. The predicted octanol–water partition coefficient (Wildman–Crippen LogP) is 5.06. The normalized spacial score (nSPS) is 11.0. The third kappa shape index (κ3) is 8.59. The number of nitro benzene ring substituents is 1. The van der Waals surface area contributed by atoms with Gasteiger partial charge in [-0.25, -0.2) is 0 Å². The van der Waals surface area contributed by atoms with Gasteiger partial charge in [-0.15, -0.1) is 0 Å². The highest BCUT2D eigenvalue weighted by atomic mass is 16.6. The van der Waals surface area contributed by atoms with E-state index in [-0.39, 0.29) is 11.4 Å². The number of carbonyl (C=O) groups excluding carboxylic acids is 2. The van der Waals surface area contributed by atoms with Crippen LogP contribution < -0.4 is 15.4 Å². The molecule has 0 bridgehead atoms. The summed E-state index contributed by atoms with van der Waals surface area (Å²) in [7, 11) is 0. The van der Waals surface area contributed by atoms with Crippen LogP contribution in [0.15, 0.2) is 54.2 Å². The van der Waals surface area contributed by atoms with Gasteiger partial charge < -0.3 is 15.4 Å². The van der Waals surface area contributed by atoms with Gasteiger partial charge in [0.2, 0.25) is 5.91 Å². The number of carbonyl (C=O) groups is 2. The predicted molar refractivity (Wildman–Crippen MR) is 124 cm³/mol. The standard InChI is InChI=1S/C24H29N3O5/c1-3-4-5-6-7-15-32-22-13-11-20(12-14-22)26-24(29)23(25-18(2)28)17-19-9-8-10-21(16-19)27(30)31/h8-14,16-17H,3-7,15H2,1-2H3,(H,25,28)(H,26,29)/b23-17-. The molecule has 2 aromatic carbocycles. The van der Waals surface area contributed by atoms with E-state index in [0.29, 0.717) is 23.6 Å². The number of nitrogens with one attached hydrogen (secondary N) is 2. The highest BCUT2D eigenvalue weighted by molar-refractivity contribution is 6.08. The van der Waals surface area contributed by atoms with Crippen LogP contribution in [0, 0.1) is 10.1 Å². The fraction of sp³-hybridized carbons (Fsp3) is 0.333. The Balaban J connectivity index is 2.01. The first-order valence-electron chi connectivity index (χ1n) is 10.7. The van der Waals surface area contributed by atoms with Crippen molar-refractivity contribution in [2.45, 2.75) is 46.0 Å². The van der Waals surface area contributed by atoms with Crippen molar-refractivity contribution in [1.82, 2.24) is 5.32 Å². The maximum absolute atomic E-state index is 12.7. The molecule has 0 fully saturated rings. The van der Waals surface area contributed by atoms with E-state index in [0.717, 1.165) is 12.8 Å². The van der Waals surface area contributed by atoms with Crippen LogP contribution in [0.25, 0.3) is 6.08 Å². The number of nitrogens with zero attached hydrogens (tertiary/aromatic N) is 1. The molecule has 0 unspecified atom stereocenters. The van der Waals surface area contributed by atoms with E-state index >= 15 is 0 Å². The second kappa shape index (κ2) is 12.9. The molecular weight excluding hydrogens is 410 g/mol. The van der Waals surface area contributed by atoms with Crippen molar-refractivity contribution in [2.75, 3.05) is 11.9 Å². The molecule has 8 nitrogen and oxygen atoms in total. The van der Waals surface area contributed by atoms with E-state index < -0.39 is 16.7 Å². The number of benzene rings is 2. The quantitative estimate of drug-likeness (QED) is 0.208. The van der Waals surface area contributed by atoms with Crippen LogP contribution in [0.1, 0.15) is 51.5 Å². The van der Waals surface area contributed by atoms with Gasteiger partial charge in [-0.3, -0.25) is 19.7 Å². The Hall–Kier alpha value is -3.68. The van der Waals surface area contributed by atoms with Crippen molar-refractivity contribution in [3.05, 3.63) is 69.9 Å². The third-order valence-electron chi connectivity index (χ3n) is 4.58. The van der Waals surface area contributed by atoms with Gasteiger partial charge in [0.1, 0.15) is 11.4 Å². The summed E-state index contributed by atoms with van der Waals surface area (Å²) in [5.41, 5.74) is 0.814. The maximum atomic E-state index is 12.7. The summed E-state index contributed by atoms with van der Waals surface area (Å²) >= 11 is 0. The molecule has 0 atom stereocenters. The summed E-state index contributed by atoms with van der Waals surface area (Å²) in [6.45, 7) is 4.11. The van der Waals surface area contributed by atoms with Gasteiger partial charge in [0.05, 0.1) is 11.5 Å². The lowest BCUT2D eigenvalue weighted by molar-refractivity contribution is -0.384. The molecule has 8 heteroatoms. The van der Waals surface area contributed by atoms with Gasteiger partial charge in [0.25, 0.3) is 11.6 Å². The van der Waals surface area contributed by atoms with Crippen molar-refractivity contribution >= 4 is 29.3 Å². The zero-order valence-corrected chi connectivity index (χ0v) is 18.4. The van der Waals surface area contributed by atoms with E-state index in [9.17, 15) is 19.7 Å². The van der Waals surface area contributed by atoms with Crippen molar-refractivity contribution in [1.29, 1.82) is 0 Å². The zero-order chi connectivity index (χ0) is 23.3. The Morgan fingerprint density at radius 1 is 1.06 bits per heavy atom. The van der Waals surface area contributed by atoms with Crippen LogP contribution in [0.5, 0.6) is 5.75 Å². The smallest absolute Gasteiger partial charge is 0.272 e. The Kier molecular flexibility index (Phi) is 9.90. The number of amides is 2. The summed E-state index contributed by atoms with van der Waals surface area (Å²) in [5, 5.41) is 16.2. The minimum Gasteiger partial charge on any atom is -0.494 e. The molecule has 170 valence electrons. The van der Waals surface area contributed by atoms with Crippen molar-refractivity contribution in [3.8, 4) is 5.75 Å². The average molecular weight is 440 g/mol. The second-order valence-corrected chi connectivity index (χ2v) is 7.33. The molecule has 0 radical (unpaired) electrons. The van der Waals surface area contributed by atoms with Gasteiger partial charge in [-0.1, -0.05) is 44.7 Å². The molecule has 0 aromatic heterocycles. The Morgan fingerprint density at radius 2 is 1.78 bits per heavy atom. The van der Waals surface area contributed by atoms with Gasteiger partial charge in [0.15, 0.2) is 0 Å². The first kappa shape index (κ1) is 24.6. The van der Waals surface area contributed by atoms with E-state index in [1.807, 2.05) is 0 Å². The number of ether oxygens (including phenoxy) is 1. The third-order valence-corrected chi connectivity index (χ3v) is 4.58. The van der Waals surface area contributed by atoms with Gasteiger partial charge >= 0.3 is 0 Å². The molecule has 32 heavy (non-hydrogen) atoms. The fourth-order valence-corrected chi connectivity index (χ4v) is 2.97. The number of rotatable bonds is 12. The number of unbranched alkanes of at least 4 members (excludes halogenated alkanes) is 4. The van der Waals surface area contributed by atoms with Crippen LogP contribution in [0.3, 0.4) is 0 Å². The molecule has 2 aromatic rings. The molecule has 0 aliphatic rings. The summed E-state index contributed by atoms with van der Waals surface area (Å²) in [6, 6.07) is 12.8. The van der Waals surface area contributed by atoms with Crippen LogP contribution >= 0.6 is 0 Å². The monoisotopic (exact) mass is 439 g/mol. The lowest BCUT2D eigenvalue weighted by Crippen LogP contribution is -2.28. The molecule has 0 aliphatic heterocycles. The highest BCUT2D eigenvalue weighted by Gasteiger charge is 2.13. The van der Waals surface area contributed by atoms with Gasteiger partial charge in [-0.05, 0) is 42.3 Å². The minimum atomic E-state index is -0.545. The Labute approximate surface area is 187 Å². The van der Waals surface area contributed by atoms with Crippen LogP contribution in [-0.2, 0) is 9.59 Å². The number of non-ortho nitro benzene ring substituents is 1. The minimum absolute atomic E-state index is 0.0228. The lowest BCUT2D eigenvalue weighted by Gasteiger charge is -2.11. The van der Waals surface area contributed by atoms with E-state index in [2.05, 4.69) is 17.6 Å². The Morgan fingerprint density at radius 3 is 2.44 bits per heavy atom. The van der Waals surface area contributed by atoms with Crippen molar-refractivity contribution in [2.24, 2.45) is 0 Å². The summed E-state index contributed by atoms with van der Waals surface area (Å²) in [4.78, 5) is 34.7. The number of nitro groups is 1. The second-order valence-electron chi connectivity index (χ2n) is 7.33. The fourth-order valence-electron chi connectivity index (χ4n) is 2.97. The largest absolute Gasteiger partial charge is 0.494 e. The summed E-state index contributed by atoms with van der Waals surface area (Å²) < 4.78 is 5.72. The lowest BCUT2D eigenvalue weighted by atomic mass is 10.1. The molecule has 0 aliphatic carbocycles. The first-order valence-corrected chi connectivity index (χ1v) is 10.7. The van der Waals surface area contributed by atoms with E-state index in [1.165, 1.54) is 50.5 Å². The molecule has 0 spiro atoms. The molecule has 0 heterocycles. The molecule has 0 saturated carbocycles. The summed E-state index contributed by atoms with van der Waals surface area (Å²) in [6.07, 6.45) is 7.19. The topological polar surface area (TPSA) is 111 Å². The highest BCUT2D eigenvalue weighted by Crippen LogP contribution is 2.18. The molecule has 2 amide bonds. The number of anilines is 1. The van der Waals surface area contributed by atoms with E-state index in [4.69, 9.17) is 4.74 Å². The first-order chi connectivity index (χ1) is 15.4. The zero-order valence-electron chi connectivity index (χ0n) is 18.4. The van der Waals surface area contributed by atoms with Gasteiger partial charge in [-0.2, -0.15) is 0 Å². The number of hydrogen-bond donors (Lipinski definition) is 2. The molecule has 2 rings (SSSR count). The van der Waals surface area contributed by atoms with Crippen molar-refractivity contribution in [3.63, 3.8) is 0 Å². The SMILES string of the molecule is CCCCCCCOc1ccc(NC(=O)/C(=C/c2cccc([N+](=O)[O-])c2)NC(C)=O)cc1. The van der Waals surface area contributed by atoms with E-state index in [1.54, 1.807) is 30.3 Å². The van der Waals surface area contributed by atoms with Crippen LogP contribution in [0.2, 0.25) is 0 Å². The Bertz CT molecular complexity index is 954. The maximum Gasteiger partial charge on any atom is 0.272 e. The average Bonchev–Trinajstić information content (AvgIpc) is 2.76. The molecule has 2 N–H and O–H groups in total. The van der Waals surface area contributed by atoms with Crippen molar-refractivity contribution < 1.29 is 19.2 Å². The molecule has 0 saturated heterocycles. The van der Waals surface area contributed by atoms with Gasteiger partial charge in [0, 0.05) is 24.7 Å². The van der Waals surface area contributed by atoms with Crippen LogP contribution in [0.4, 0.5) is 11.4 Å². The van der Waals surface area contributed by atoms with Crippen LogP contribution in [-0.4, -0.2) is 23.3 Å².